The number of carbonyl (C=O) groups excluding carboxylic acids is 1. The highest BCUT2D eigenvalue weighted by Gasteiger charge is 2.46. The van der Waals surface area contributed by atoms with Gasteiger partial charge in [-0.2, -0.15) is 5.26 Å². The van der Waals surface area contributed by atoms with Crippen molar-refractivity contribution in [1.82, 2.24) is 19.5 Å². The minimum absolute atomic E-state index is 0.147. The summed E-state index contributed by atoms with van der Waals surface area (Å²) in [4.78, 5) is 23.3. The first kappa shape index (κ1) is 19.9. The summed E-state index contributed by atoms with van der Waals surface area (Å²) in [5, 5.41) is 19.2. The zero-order valence-corrected chi connectivity index (χ0v) is 15.1. The summed E-state index contributed by atoms with van der Waals surface area (Å²) in [5.41, 5.74) is 6.60. The van der Waals surface area contributed by atoms with Crippen LogP contribution < -0.4 is 5.73 Å². The third kappa shape index (κ3) is 4.18. The molecule has 0 bridgehead atoms. The maximum absolute atomic E-state index is 11.1. The number of nitrogens with two attached hydrogens (primary N) is 1. The second kappa shape index (κ2) is 8.89. The van der Waals surface area contributed by atoms with Gasteiger partial charge >= 0.3 is 5.97 Å². The molecule has 28 heavy (non-hydrogen) atoms. The first-order valence-corrected chi connectivity index (χ1v) is 8.49. The zero-order chi connectivity index (χ0) is 20.1. The molecule has 150 valence electrons. The van der Waals surface area contributed by atoms with Crippen LogP contribution in [-0.2, 0) is 23.7 Å². The monoisotopic (exact) mass is 392 g/mol. The second-order valence-electron chi connectivity index (χ2n) is 6.01. The fourth-order valence-electron chi connectivity index (χ4n) is 2.82. The molecule has 0 amide bonds. The number of nitriles is 1. The third-order valence-corrected chi connectivity index (χ3v) is 4.13. The maximum atomic E-state index is 11.1. The zero-order valence-electron chi connectivity index (χ0n) is 15.1. The van der Waals surface area contributed by atoms with E-state index in [1.165, 1.54) is 19.6 Å². The normalized spacial score (nSPS) is 24.3. The van der Waals surface area contributed by atoms with Gasteiger partial charge in [0.05, 0.1) is 25.4 Å². The van der Waals surface area contributed by atoms with Gasteiger partial charge in [-0.3, -0.25) is 9.36 Å². The van der Waals surface area contributed by atoms with Gasteiger partial charge in [0, 0.05) is 6.92 Å². The Morgan fingerprint density at radius 1 is 1.46 bits per heavy atom. The molecule has 1 fully saturated rings. The van der Waals surface area contributed by atoms with Crippen LogP contribution in [0.1, 0.15) is 19.6 Å². The van der Waals surface area contributed by atoms with E-state index in [0.29, 0.717) is 11.2 Å². The second-order valence-corrected chi connectivity index (χ2v) is 6.01. The van der Waals surface area contributed by atoms with Crippen molar-refractivity contribution < 1.29 is 28.8 Å². The van der Waals surface area contributed by atoms with Gasteiger partial charge in [-0.25, -0.2) is 15.0 Å². The van der Waals surface area contributed by atoms with Crippen LogP contribution >= 0.6 is 0 Å². The Labute approximate surface area is 159 Å². The van der Waals surface area contributed by atoms with E-state index in [1.807, 2.05) is 6.07 Å². The Kier molecular flexibility index (Phi) is 6.32. The molecule has 0 unspecified atom stereocenters. The highest BCUT2D eigenvalue weighted by atomic mass is 16.7. The summed E-state index contributed by atoms with van der Waals surface area (Å²) in [5.74, 6) is -0.291. The van der Waals surface area contributed by atoms with Crippen LogP contribution in [0.3, 0.4) is 0 Å². The van der Waals surface area contributed by atoms with Crippen LogP contribution in [-0.4, -0.2) is 68.9 Å². The van der Waals surface area contributed by atoms with E-state index in [9.17, 15) is 9.90 Å². The van der Waals surface area contributed by atoms with Crippen molar-refractivity contribution in [2.45, 2.75) is 37.9 Å². The first-order chi connectivity index (χ1) is 13.5. The third-order valence-electron chi connectivity index (χ3n) is 4.13. The molecule has 0 saturated carbocycles. The van der Waals surface area contributed by atoms with Crippen molar-refractivity contribution in [1.29, 1.82) is 5.26 Å². The molecule has 4 atom stereocenters. The highest BCUT2D eigenvalue weighted by Crippen LogP contribution is 2.34. The molecule has 2 aromatic rings. The lowest BCUT2D eigenvalue weighted by Crippen LogP contribution is -2.36. The molecule has 0 aliphatic carbocycles. The van der Waals surface area contributed by atoms with Gasteiger partial charge in [-0.05, 0) is 0 Å². The van der Waals surface area contributed by atoms with Gasteiger partial charge < -0.3 is 29.8 Å². The quantitative estimate of drug-likeness (QED) is 0.337. The molecule has 0 radical (unpaired) electrons. The number of aliphatic hydroxyl groups is 1. The molecule has 2 aromatic heterocycles. The van der Waals surface area contributed by atoms with Crippen LogP contribution in [0.2, 0.25) is 0 Å². The van der Waals surface area contributed by atoms with Crippen LogP contribution in [0.15, 0.2) is 12.7 Å². The Hall–Kier alpha value is -2.85. The van der Waals surface area contributed by atoms with Gasteiger partial charge in [-0.1, -0.05) is 0 Å². The smallest absolute Gasteiger partial charge is 0.302 e. The number of esters is 1. The van der Waals surface area contributed by atoms with Gasteiger partial charge in [0.25, 0.3) is 0 Å². The average Bonchev–Trinajstić information content (AvgIpc) is 3.22. The van der Waals surface area contributed by atoms with E-state index in [4.69, 9.17) is 29.9 Å². The number of nitrogens with zero attached hydrogens (tertiary/aromatic N) is 5. The van der Waals surface area contributed by atoms with Crippen molar-refractivity contribution in [3.8, 4) is 6.07 Å². The number of fused-ring (bicyclic) bond motifs is 1. The number of aliphatic hydroxyl groups excluding tert-OH is 1. The molecule has 0 spiro atoms. The number of imidazole rings is 1. The van der Waals surface area contributed by atoms with Crippen molar-refractivity contribution in [3.63, 3.8) is 0 Å². The summed E-state index contributed by atoms with van der Waals surface area (Å²) < 4.78 is 23.3. The largest absolute Gasteiger partial charge is 0.463 e. The summed E-state index contributed by atoms with van der Waals surface area (Å²) in [6.07, 6.45) is -0.665. The number of nitrogen functional groups attached to an aromatic ring is 1. The first-order valence-electron chi connectivity index (χ1n) is 8.49. The predicted molar refractivity (Wildman–Crippen MR) is 92.2 cm³/mol. The van der Waals surface area contributed by atoms with Crippen molar-refractivity contribution >= 4 is 23.0 Å². The standard InChI is InChI=1S/C16H20N6O6/c1-9(23)26-5-10-12(24)13(27-8-25-4-2-3-17)16(28-10)22-7-21-11-14(18)19-6-20-15(11)22/h6-7,10,12-13,16,24H,2,4-5,8H2,1H3,(H2,18,19,20)/t10-,12-,13-,16-/m1/s1. The van der Waals surface area contributed by atoms with E-state index in [1.54, 1.807) is 4.57 Å². The van der Waals surface area contributed by atoms with Gasteiger partial charge in [0.15, 0.2) is 17.7 Å². The van der Waals surface area contributed by atoms with Crippen molar-refractivity contribution in [2.24, 2.45) is 0 Å². The topological polar surface area (TPSA) is 168 Å². The molecule has 1 aliphatic heterocycles. The lowest BCUT2D eigenvalue weighted by molar-refractivity contribution is -0.147. The van der Waals surface area contributed by atoms with Crippen LogP contribution in [0.4, 0.5) is 5.82 Å². The fraction of sp³-hybridized carbons (Fsp3) is 0.562. The fourth-order valence-corrected chi connectivity index (χ4v) is 2.82. The van der Waals surface area contributed by atoms with Crippen LogP contribution in [0.5, 0.6) is 0 Å². The minimum Gasteiger partial charge on any atom is -0.463 e. The summed E-state index contributed by atoms with van der Waals surface area (Å²) in [6.45, 7) is 1.15. The highest BCUT2D eigenvalue weighted by molar-refractivity contribution is 5.81. The summed E-state index contributed by atoms with van der Waals surface area (Å²) >= 11 is 0. The lowest BCUT2D eigenvalue weighted by atomic mass is 10.1. The van der Waals surface area contributed by atoms with E-state index < -0.39 is 30.5 Å². The number of anilines is 1. The van der Waals surface area contributed by atoms with Crippen molar-refractivity contribution in [3.05, 3.63) is 12.7 Å². The summed E-state index contributed by atoms with van der Waals surface area (Å²) in [7, 11) is 0. The van der Waals surface area contributed by atoms with E-state index >= 15 is 0 Å². The Morgan fingerprint density at radius 2 is 2.29 bits per heavy atom. The number of rotatable bonds is 8. The molecule has 12 heteroatoms. The average molecular weight is 392 g/mol. The molecular weight excluding hydrogens is 372 g/mol. The number of aromatic nitrogens is 4. The molecule has 1 aliphatic rings. The molecule has 3 rings (SSSR count). The Bertz CT molecular complexity index is 867. The van der Waals surface area contributed by atoms with Crippen LogP contribution in [0.25, 0.3) is 11.2 Å². The Balaban J connectivity index is 1.81. The van der Waals surface area contributed by atoms with E-state index in [2.05, 4.69) is 15.0 Å². The van der Waals surface area contributed by atoms with E-state index in [-0.39, 0.29) is 32.2 Å². The SMILES string of the molecule is CC(=O)OC[C@H]1O[C@@H](n2cnc3c(N)ncnc32)[C@H](OCOCCC#N)[C@@H]1O. The molecule has 1 saturated heterocycles. The predicted octanol–water partition coefficient (Wildman–Crippen LogP) is -0.497. The number of hydrogen-bond donors (Lipinski definition) is 2. The molecule has 0 aromatic carbocycles. The minimum atomic E-state index is -1.11. The number of hydrogen-bond acceptors (Lipinski definition) is 11. The van der Waals surface area contributed by atoms with Crippen molar-refractivity contribution in [2.75, 3.05) is 25.7 Å². The number of ether oxygens (including phenoxy) is 4. The van der Waals surface area contributed by atoms with Gasteiger partial charge in [0.1, 0.15) is 43.6 Å². The van der Waals surface area contributed by atoms with Gasteiger partial charge in [0.2, 0.25) is 0 Å². The number of carbonyl (C=O) groups is 1. The lowest BCUT2D eigenvalue weighted by Gasteiger charge is -2.21. The summed E-state index contributed by atoms with van der Waals surface area (Å²) in [6, 6.07) is 1.95. The van der Waals surface area contributed by atoms with E-state index in [0.717, 1.165) is 0 Å². The Morgan fingerprint density at radius 3 is 3.04 bits per heavy atom. The maximum Gasteiger partial charge on any atom is 0.302 e. The molecule has 3 N–H and O–H groups in total. The van der Waals surface area contributed by atoms with Crippen LogP contribution in [0, 0.1) is 11.3 Å². The molecule has 12 nitrogen and oxygen atoms in total. The molecule has 3 heterocycles. The molecular formula is C16H20N6O6. The van der Waals surface area contributed by atoms with Gasteiger partial charge in [-0.15, -0.1) is 0 Å².